The van der Waals surface area contributed by atoms with Gasteiger partial charge in [0.25, 0.3) is 0 Å². The van der Waals surface area contributed by atoms with Crippen LogP contribution < -0.4 is 10.6 Å². The molecule has 0 radical (unpaired) electrons. The van der Waals surface area contributed by atoms with Crippen molar-refractivity contribution in [3.05, 3.63) is 24.0 Å². The highest BCUT2D eigenvalue weighted by atomic mass is 16.4. The Kier molecular flexibility index (Phi) is 4.51. The van der Waals surface area contributed by atoms with E-state index in [2.05, 4.69) is 27.5 Å². The number of rotatable bonds is 3. The highest BCUT2D eigenvalue weighted by Gasteiger charge is 2.05. The van der Waals surface area contributed by atoms with Crippen molar-refractivity contribution in [2.24, 2.45) is 0 Å². The maximum Gasteiger partial charge on any atom is 0.337 e. The number of aromatic nitrogens is 1. The smallest absolute Gasteiger partial charge is 0.337 e. The maximum atomic E-state index is 11.3. The minimum Gasteiger partial charge on any atom is -0.478 e. The summed E-state index contributed by atoms with van der Waals surface area (Å²) < 4.78 is 0. The molecule has 0 aliphatic carbocycles. The number of carbonyl (C=O) groups excluding carboxylic acids is 1. The molecule has 2 amide bonds. The third kappa shape index (κ3) is 4.22. The maximum absolute atomic E-state index is 11.3. The van der Waals surface area contributed by atoms with Crippen molar-refractivity contribution in [3.8, 4) is 11.8 Å². The Morgan fingerprint density at radius 1 is 1.47 bits per heavy atom. The second kappa shape index (κ2) is 6.12. The van der Waals surface area contributed by atoms with Crippen molar-refractivity contribution < 1.29 is 14.7 Å². The van der Waals surface area contributed by atoms with E-state index in [9.17, 15) is 9.59 Å². The first-order chi connectivity index (χ1) is 8.13. The molecule has 0 saturated carbocycles. The van der Waals surface area contributed by atoms with E-state index in [-0.39, 0.29) is 12.1 Å². The number of anilines is 1. The van der Waals surface area contributed by atoms with Gasteiger partial charge in [0.1, 0.15) is 0 Å². The molecular formula is C11H11N3O3. The van der Waals surface area contributed by atoms with E-state index in [1.807, 2.05) is 0 Å². The van der Waals surface area contributed by atoms with Crippen molar-refractivity contribution in [1.29, 1.82) is 0 Å². The van der Waals surface area contributed by atoms with E-state index < -0.39 is 12.0 Å². The summed E-state index contributed by atoms with van der Waals surface area (Å²) in [6.07, 6.45) is 2.56. The number of urea groups is 1. The zero-order chi connectivity index (χ0) is 12.7. The van der Waals surface area contributed by atoms with Gasteiger partial charge in [-0.1, -0.05) is 5.92 Å². The van der Waals surface area contributed by atoms with Crippen molar-refractivity contribution in [1.82, 2.24) is 10.3 Å². The zero-order valence-corrected chi connectivity index (χ0v) is 9.15. The predicted molar refractivity (Wildman–Crippen MR) is 61.7 cm³/mol. The van der Waals surface area contributed by atoms with Crippen LogP contribution in [0.3, 0.4) is 0 Å². The van der Waals surface area contributed by atoms with Crippen molar-refractivity contribution in [2.45, 2.75) is 6.92 Å². The molecule has 6 heteroatoms. The largest absolute Gasteiger partial charge is 0.478 e. The predicted octanol–water partition coefficient (Wildman–Crippen LogP) is 0.925. The molecule has 0 aliphatic heterocycles. The van der Waals surface area contributed by atoms with Gasteiger partial charge < -0.3 is 15.7 Å². The zero-order valence-electron chi connectivity index (χ0n) is 9.15. The SMILES string of the molecule is CC#CCNC(=O)Nc1cncc(C(=O)O)c1. The van der Waals surface area contributed by atoms with Crippen molar-refractivity contribution in [2.75, 3.05) is 11.9 Å². The van der Waals surface area contributed by atoms with Crippen LogP contribution in [0, 0.1) is 11.8 Å². The number of nitrogens with zero attached hydrogens (tertiary/aromatic N) is 1. The lowest BCUT2D eigenvalue weighted by atomic mass is 10.3. The van der Waals surface area contributed by atoms with Gasteiger partial charge in [0.2, 0.25) is 0 Å². The van der Waals surface area contributed by atoms with Gasteiger partial charge in [0.05, 0.1) is 24.0 Å². The summed E-state index contributed by atoms with van der Waals surface area (Å²) in [6, 6.07) is 0.859. The highest BCUT2D eigenvalue weighted by molar-refractivity contribution is 5.92. The number of carboxylic acids is 1. The third-order valence-electron chi connectivity index (χ3n) is 1.76. The fraction of sp³-hybridized carbons (Fsp3) is 0.182. The molecule has 0 aromatic carbocycles. The summed E-state index contributed by atoms with van der Waals surface area (Å²) in [6.45, 7) is 1.90. The Balaban J connectivity index is 2.61. The molecule has 1 aromatic rings. The molecule has 0 aliphatic rings. The highest BCUT2D eigenvalue weighted by Crippen LogP contribution is 2.07. The van der Waals surface area contributed by atoms with Crippen molar-refractivity contribution in [3.63, 3.8) is 0 Å². The topological polar surface area (TPSA) is 91.3 Å². The van der Waals surface area contributed by atoms with Crippen LogP contribution in [0.25, 0.3) is 0 Å². The van der Waals surface area contributed by atoms with E-state index in [4.69, 9.17) is 5.11 Å². The summed E-state index contributed by atoms with van der Waals surface area (Å²) >= 11 is 0. The monoisotopic (exact) mass is 233 g/mol. The van der Waals surface area contributed by atoms with Gasteiger partial charge >= 0.3 is 12.0 Å². The third-order valence-corrected chi connectivity index (χ3v) is 1.76. The van der Waals surface area contributed by atoms with Crippen LogP contribution in [0.4, 0.5) is 10.5 Å². The van der Waals surface area contributed by atoms with Gasteiger partial charge in [-0.2, -0.15) is 0 Å². The molecule has 0 spiro atoms. The number of carbonyl (C=O) groups is 2. The summed E-state index contributed by atoms with van der Waals surface area (Å²) in [5.41, 5.74) is 0.322. The van der Waals surface area contributed by atoms with Gasteiger partial charge in [0.15, 0.2) is 0 Å². The Morgan fingerprint density at radius 2 is 2.24 bits per heavy atom. The van der Waals surface area contributed by atoms with Crippen LogP contribution in [0.15, 0.2) is 18.5 Å². The van der Waals surface area contributed by atoms with Gasteiger partial charge in [-0.05, 0) is 13.0 Å². The number of carboxylic acid groups (broad SMARTS) is 1. The normalized spacial score (nSPS) is 8.76. The number of aromatic carboxylic acids is 1. The fourth-order valence-corrected chi connectivity index (χ4v) is 1.01. The standard InChI is InChI=1S/C11H11N3O3/c1-2-3-4-13-11(17)14-9-5-8(10(15)16)6-12-7-9/h5-7H,4H2,1H3,(H,15,16)(H2,13,14,17). The lowest BCUT2D eigenvalue weighted by molar-refractivity contribution is 0.0696. The van der Waals surface area contributed by atoms with Crippen LogP contribution >= 0.6 is 0 Å². The van der Waals surface area contributed by atoms with Gasteiger partial charge in [-0.3, -0.25) is 4.98 Å². The molecule has 0 atom stereocenters. The quantitative estimate of drug-likeness (QED) is 0.677. The molecule has 3 N–H and O–H groups in total. The summed E-state index contributed by atoms with van der Waals surface area (Å²) in [5.74, 6) is 4.19. The molecular weight excluding hydrogens is 222 g/mol. The van der Waals surface area contributed by atoms with Crippen LogP contribution in [0.2, 0.25) is 0 Å². The van der Waals surface area contributed by atoms with E-state index in [0.717, 1.165) is 0 Å². The Bertz CT molecular complexity index is 488. The van der Waals surface area contributed by atoms with E-state index in [1.54, 1.807) is 6.92 Å². The molecule has 1 rings (SSSR count). The van der Waals surface area contributed by atoms with Gasteiger partial charge in [0, 0.05) is 6.20 Å². The first-order valence-corrected chi connectivity index (χ1v) is 4.76. The van der Waals surface area contributed by atoms with Gasteiger partial charge in [-0.25, -0.2) is 9.59 Å². The van der Waals surface area contributed by atoms with Crippen LogP contribution in [0.1, 0.15) is 17.3 Å². The number of hydrogen-bond donors (Lipinski definition) is 3. The first-order valence-electron chi connectivity index (χ1n) is 4.76. The average molecular weight is 233 g/mol. The van der Waals surface area contributed by atoms with Crippen LogP contribution in [0.5, 0.6) is 0 Å². The molecule has 0 bridgehead atoms. The number of hydrogen-bond acceptors (Lipinski definition) is 3. The summed E-state index contributed by atoms with van der Waals surface area (Å²) in [4.78, 5) is 25.7. The second-order valence-corrected chi connectivity index (χ2v) is 3.00. The van der Waals surface area contributed by atoms with Crippen molar-refractivity contribution >= 4 is 17.7 Å². The second-order valence-electron chi connectivity index (χ2n) is 3.00. The van der Waals surface area contributed by atoms with Gasteiger partial charge in [-0.15, -0.1) is 5.92 Å². The molecule has 6 nitrogen and oxygen atoms in total. The first kappa shape index (κ1) is 12.5. The molecule has 0 unspecified atom stereocenters. The number of pyridine rings is 1. The molecule has 1 heterocycles. The van der Waals surface area contributed by atoms with E-state index in [1.165, 1.54) is 18.5 Å². The van der Waals surface area contributed by atoms with E-state index >= 15 is 0 Å². The Hall–Kier alpha value is -2.55. The number of amides is 2. The Labute approximate surface area is 98.1 Å². The lowest BCUT2D eigenvalue weighted by Gasteiger charge is -2.05. The minimum atomic E-state index is -1.10. The van der Waals surface area contributed by atoms with Crippen LogP contribution in [-0.4, -0.2) is 28.6 Å². The molecule has 1 aromatic heterocycles. The molecule has 0 saturated heterocycles. The molecule has 17 heavy (non-hydrogen) atoms. The summed E-state index contributed by atoms with van der Waals surface area (Å²) in [5, 5.41) is 13.7. The van der Waals surface area contributed by atoms with Crippen LogP contribution in [-0.2, 0) is 0 Å². The fourth-order valence-electron chi connectivity index (χ4n) is 1.01. The average Bonchev–Trinajstić information content (AvgIpc) is 2.29. The molecule has 88 valence electrons. The number of nitrogens with one attached hydrogen (secondary N) is 2. The lowest BCUT2D eigenvalue weighted by Crippen LogP contribution is -2.29. The summed E-state index contributed by atoms with van der Waals surface area (Å²) in [7, 11) is 0. The molecule has 0 fully saturated rings. The minimum absolute atomic E-state index is 0.0103. The van der Waals surface area contributed by atoms with E-state index in [0.29, 0.717) is 5.69 Å². The Morgan fingerprint density at radius 3 is 2.88 bits per heavy atom.